The molecule has 0 fully saturated rings. The highest BCUT2D eigenvalue weighted by atomic mass is 79.9. The van der Waals surface area contributed by atoms with Crippen molar-refractivity contribution in [2.75, 3.05) is 5.73 Å². The van der Waals surface area contributed by atoms with Gasteiger partial charge in [-0.15, -0.1) is 11.3 Å². The van der Waals surface area contributed by atoms with E-state index in [0.29, 0.717) is 10.9 Å². The number of benzene rings is 1. The average Bonchev–Trinajstić information content (AvgIpc) is 2.95. The van der Waals surface area contributed by atoms with Crippen LogP contribution in [-0.4, -0.2) is 5.16 Å². The fraction of sp³-hybridized carbons (Fsp3) is 0.0714. The van der Waals surface area contributed by atoms with Crippen molar-refractivity contribution in [3.63, 3.8) is 0 Å². The summed E-state index contributed by atoms with van der Waals surface area (Å²) < 4.78 is 6.25. The molecular formula is C14H10BrClN2OS. The summed E-state index contributed by atoms with van der Waals surface area (Å²) in [5.74, 6) is 0.310. The molecule has 0 radical (unpaired) electrons. The fourth-order valence-electron chi connectivity index (χ4n) is 1.94. The van der Waals surface area contributed by atoms with E-state index in [0.717, 1.165) is 31.0 Å². The molecule has 2 aromatic heterocycles. The van der Waals surface area contributed by atoms with Crippen molar-refractivity contribution < 1.29 is 4.52 Å². The van der Waals surface area contributed by atoms with Crippen LogP contribution in [0.2, 0.25) is 5.02 Å². The van der Waals surface area contributed by atoms with Crippen molar-refractivity contribution in [1.82, 2.24) is 5.16 Å². The number of nitrogen functional groups attached to an aromatic ring is 1. The van der Waals surface area contributed by atoms with Crippen LogP contribution < -0.4 is 5.73 Å². The minimum absolute atomic E-state index is 0.310. The third kappa shape index (κ3) is 2.37. The number of anilines is 1. The quantitative estimate of drug-likeness (QED) is 0.660. The molecule has 0 saturated heterocycles. The van der Waals surface area contributed by atoms with Gasteiger partial charge in [-0.1, -0.05) is 28.9 Å². The summed E-state index contributed by atoms with van der Waals surface area (Å²) in [4.78, 5) is 1.01. The van der Waals surface area contributed by atoms with Crippen LogP contribution in [0, 0.1) is 6.92 Å². The predicted molar refractivity (Wildman–Crippen MR) is 87.1 cm³/mol. The predicted octanol–water partition coefficient (Wildman–Crippen LogP) is 5.38. The Morgan fingerprint density at radius 3 is 2.60 bits per heavy atom. The van der Waals surface area contributed by atoms with Crippen LogP contribution in [-0.2, 0) is 0 Å². The molecule has 2 N–H and O–H groups in total. The van der Waals surface area contributed by atoms with E-state index in [1.54, 1.807) is 11.3 Å². The maximum Gasteiger partial charge on any atom is 0.230 e. The third-order valence-corrected chi connectivity index (χ3v) is 5.34. The zero-order valence-corrected chi connectivity index (χ0v) is 13.6. The molecule has 6 heteroatoms. The van der Waals surface area contributed by atoms with Crippen LogP contribution in [0.5, 0.6) is 0 Å². The minimum Gasteiger partial charge on any atom is -0.367 e. The molecule has 0 aliphatic rings. The molecule has 3 rings (SSSR count). The highest BCUT2D eigenvalue weighted by Gasteiger charge is 2.19. The van der Waals surface area contributed by atoms with E-state index in [9.17, 15) is 0 Å². The first-order valence-electron chi connectivity index (χ1n) is 5.83. The topological polar surface area (TPSA) is 52.0 Å². The average molecular weight is 370 g/mol. The molecule has 3 aromatic rings. The van der Waals surface area contributed by atoms with E-state index in [2.05, 4.69) is 27.2 Å². The second-order valence-electron chi connectivity index (χ2n) is 4.34. The zero-order valence-electron chi connectivity index (χ0n) is 10.5. The summed E-state index contributed by atoms with van der Waals surface area (Å²) in [6.07, 6.45) is 0. The summed E-state index contributed by atoms with van der Waals surface area (Å²) in [6.45, 7) is 2.04. The van der Waals surface area contributed by atoms with Crippen LogP contribution >= 0.6 is 38.9 Å². The van der Waals surface area contributed by atoms with Gasteiger partial charge in [0.25, 0.3) is 0 Å². The molecule has 102 valence electrons. The van der Waals surface area contributed by atoms with Crippen molar-refractivity contribution >= 4 is 44.8 Å². The van der Waals surface area contributed by atoms with E-state index < -0.39 is 0 Å². The van der Waals surface area contributed by atoms with Gasteiger partial charge >= 0.3 is 0 Å². The number of thiophene rings is 1. The number of aryl methyl sites for hydroxylation is 1. The van der Waals surface area contributed by atoms with Crippen molar-refractivity contribution in [3.05, 3.63) is 44.7 Å². The Kier molecular flexibility index (Phi) is 3.58. The lowest BCUT2D eigenvalue weighted by atomic mass is 10.0. The van der Waals surface area contributed by atoms with Gasteiger partial charge in [0.15, 0.2) is 0 Å². The molecule has 0 atom stereocenters. The highest BCUT2D eigenvalue weighted by Crippen LogP contribution is 2.41. The Morgan fingerprint density at radius 1 is 1.30 bits per heavy atom. The number of hydrogen-bond donors (Lipinski definition) is 1. The number of hydrogen-bond acceptors (Lipinski definition) is 4. The smallest absolute Gasteiger partial charge is 0.230 e. The normalized spacial score (nSPS) is 10.9. The maximum absolute atomic E-state index is 5.92. The van der Waals surface area contributed by atoms with E-state index in [-0.39, 0.29) is 0 Å². The van der Waals surface area contributed by atoms with Gasteiger partial charge in [0.2, 0.25) is 5.88 Å². The first kappa shape index (κ1) is 13.7. The SMILES string of the molecule is Cc1cc(-c2noc(N)c2-c2ccc(Cl)cc2)sc1Br. The van der Waals surface area contributed by atoms with Crippen LogP contribution in [0.1, 0.15) is 5.56 Å². The van der Waals surface area contributed by atoms with E-state index in [1.807, 2.05) is 31.2 Å². The molecular weight excluding hydrogens is 360 g/mol. The van der Waals surface area contributed by atoms with Gasteiger partial charge in [-0.2, -0.15) is 0 Å². The number of nitrogens with zero attached hydrogens (tertiary/aromatic N) is 1. The Labute approximate surface area is 133 Å². The third-order valence-electron chi connectivity index (χ3n) is 2.94. The first-order valence-corrected chi connectivity index (χ1v) is 7.82. The van der Waals surface area contributed by atoms with Crippen molar-refractivity contribution in [2.24, 2.45) is 0 Å². The van der Waals surface area contributed by atoms with Gasteiger partial charge in [0.05, 0.1) is 14.2 Å². The Bertz CT molecular complexity index is 745. The van der Waals surface area contributed by atoms with Crippen LogP contribution in [0.15, 0.2) is 38.6 Å². The lowest BCUT2D eigenvalue weighted by Crippen LogP contribution is -1.86. The first-order chi connectivity index (χ1) is 9.56. The largest absolute Gasteiger partial charge is 0.367 e. The lowest BCUT2D eigenvalue weighted by Gasteiger charge is -2.01. The van der Waals surface area contributed by atoms with Gasteiger partial charge < -0.3 is 10.3 Å². The molecule has 20 heavy (non-hydrogen) atoms. The molecule has 0 amide bonds. The lowest BCUT2D eigenvalue weighted by molar-refractivity contribution is 0.439. The Morgan fingerprint density at radius 2 is 2.00 bits per heavy atom. The maximum atomic E-state index is 5.92. The zero-order chi connectivity index (χ0) is 14.3. The van der Waals surface area contributed by atoms with E-state index in [1.165, 1.54) is 0 Å². The van der Waals surface area contributed by atoms with Gasteiger partial charge in [-0.05, 0) is 52.2 Å². The standard InChI is InChI=1S/C14H10BrClN2OS/c1-7-6-10(20-13(7)15)12-11(14(17)19-18-12)8-2-4-9(16)5-3-8/h2-6H,17H2,1H3. The van der Waals surface area contributed by atoms with Gasteiger partial charge in [-0.3, -0.25) is 0 Å². The number of nitrogens with two attached hydrogens (primary N) is 1. The van der Waals surface area contributed by atoms with Crippen LogP contribution in [0.25, 0.3) is 21.7 Å². The van der Waals surface area contributed by atoms with Gasteiger partial charge in [-0.25, -0.2) is 0 Å². The molecule has 2 heterocycles. The van der Waals surface area contributed by atoms with Crippen LogP contribution in [0.3, 0.4) is 0 Å². The molecule has 0 aliphatic heterocycles. The Balaban J connectivity index is 2.16. The summed E-state index contributed by atoms with van der Waals surface area (Å²) in [6, 6.07) is 9.52. The van der Waals surface area contributed by atoms with Crippen molar-refractivity contribution in [2.45, 2.75) is 6.92 Å². The monoisotopic (exact) mass is 368 g/mol. The molecule has 3 nitrogen and oxygen atoms in total. The molecule has 0 bridgehead atoms. The molecule has 1 aromatic carbocycles. The summed E-state index contributed by atoms with van der Waals surface area (Å²) >= 11 is 11.0. The fourth-order valence-corrected chi connectivity index (χ4v) is 3.59. The second-order valence-corrected chi connectivity index (χ2v) is 7.15. The highest BCUT2D eigenvalue weighted by molar-refractivity contribution is 9.11. The van der Waals surface area contributed by atoms with Gasteiger partial charge in [0, 0.05) is 5.02 Å². The van der Waals surface area contributed by atoms with E-state index >= 15 is 0 Å². The minimum atomic E-state index is 0.310. The molecule has 0 saturated carbocycles. The van der Waals surface area contributed by atoms with E-state index in [4.69, 9.17) is 21.9 Å². The Hall–Kier alpha value is -1.30. The number of aromatic nitrogens is 1. The van der Waals surface area contributed by atoms with Crippen LogP contribution in [0.4, 0.5) is 5.88 Å². The summed E-state index contributed by atoms with van der Waals surface area (Å²) in [7, 11) is 0. The number of halogens is 2. The summed E-state index contributed by atoms with van der Waals surface area (Å²) in [5, 5.41) is 4.78. The molecule has 0 unspecified atom stereocenters. The second kappa shape index (κ2) is 5.24. The molecule has 0 spiro atoms. The summed E-state index contributed by atoms with van der Waals surface area (Å²) in [5.41, 5.74) is 9.58. The van der Waals surface area contributed by atoms with Gasteiger partial charge in [0.1, 0.15) is 5.69 Å². The number of rotatable bonds is 2. The van der Waals surface area contributed by atoms with Crippen molar-refractivity contribution in [1.29, 1.82) is 0 Å². The van der Waals surface area contributed by atoms with Crippen molar-refractivity contribution in [3.8, 4) is 21.7 Å². The molecule has 0 aliphatic carbocycles.